The molecule has 0 N–H and O–H groups in total. The van der Waals surface area contributed by atoms with E-state index in [0.29, 0.717) is 6.42 Å². The predicted molar refractivity (Wildman–Crippen MR) is 42.7 cm³/mol. The Bertz CT molecular complexity index is 136. The second kappa shape index (κ2) is 6.44. The van der Waals surface area contributed by atoms with Crippen molar-refractivity contribution in [3.05, 3.63) is 0 Å². The summed E-state index contributed by atoms with van der Waals surface area (Å²) in [6.45, 7) is 3.48. The molecule has 0 aromatic carbocycles. The van der Waals surface area contributed by atoms with Gasteiger partial charge in [0.2, 0.25) is 0 Å². The van der Waals surface area contributed by atoms with Crippen LogP contribution in [0.3, 0.4) is 0 Å². The van der Waals surface area contributed by atoms with Gasteiger partial charge in [-0.1, -0.05) is 19.8 Å². The van der Waals surface area contributed by atoms with Crippen molar-refractivity contribution in [2.24, 2.45) is 0 Å². The summed E-state index contributed by atoms with van der Waals surface area (Å²) in [7, 11) is -0.406. The van der Waals surface area contributed by atoms with E-state index in [-0.39, 0.29) is 5.78 Å². The van der Waals surface area contributed by atoms with E-state index in [1.54, 1.807) is 0 Å². The Morgan fingerprint density at radius 1 is 1.64 bits per heavy atom. The van der Waals surface area contributed by atoms with E-state index in [9.17, 15) is 9.36 Å². The monoisotopic (exact) mass is 176 g/mol. The maximum absolute atomic E-state index is 10.8. The molecule has 0 rings (SSSR count). The Balaban J connectivity index is 3.69. The van der Waals surface area contributed by atoms with Crippen LogP contribution >= 0.6 is 8.69 Å². The number of rotatable bonds is 6. The van der Waals surface area contributed by atoms with E-state index in [4.69, 9.17) is 0 Å². The quantitative estimate of drug-likeness (QED) is 0.583. The first-order valence-corrected chi connectivity index (χ1v) is 4.44. The molecule has 0 amide bonds. The molecule has 0 aromatic heterocycles. The van der Waals surface area contributed by atoms with E-state index < -0.39 is 14.8 Å². The maximum Gasteiger partial charge on any atom is 0.328 e. The zero-order valence-corrected chi connectivity index (χ0v) is 7.77. The van der Waals surface area contributed by atoms with Crippen molar-refractivity contribution in [3.8, 4) is 0 Å². The molecule has 11 heavy (non-hydrogen) atoms. The van der Waals surface area contributed by atoms with Crippen LogP contribution in [0.15, 0.2) is 0 Å². The summed E-state index contributed by atoms with van der Waals surface area (Å²) < 4.78 is 14.7. The lowest BCUT2D eigenvalue weighted by Crippen LogP contribution is -2.17. The molecule has 0 saturated heterocycles. The molecule has 0 saturated carbocycles. The number of unbranched alkanes of at least 4 members (excludes halogenated alkanes) is 1. The predicted octanol–water partition coefficient (Wildman–Crippen LogP) is 2.36. The van der Waals surface area contributed by atoms with E-state index in [0.717, 1.165) is 12.8 Å². The van der Waals surface area contributed by atoms with Gasteiger partial charge >= 0.3 is 8.69 Å². The third-order valence-corrected chi connectivity index (χ3v) is 1.78. The zero-order valence-electron chi connectivity index (χ0n) is 6.87. The average molecular weight is 176 g/mol. The van der Waals surface area contributed by atoms with Gasteiger partial charge in [0.15, 0.2) is 5.78 Å². The molecule has 0 heterocycles. The first-order chi connectivity index (χ1) is 5.22. The minimum Gasteiger partial charge on any atom is -0.297 e. The minimum atomic E-state index is -0.478. The normalized spacial score (nSPS) is 13.3. The van der Waals surface area contributed by atoms with Gasteiger partial charge in [-0.2, -0.15) is 0 Å². The SMILES string of the molecule is CCCCC(OP=O)C(C)=O. The lowest BCUT2D eigenvalue weighted by atomic mass is 10.1. The van der Waals surface area contributed by atoms with Gasteiger partial charge in [-0.3, -0.25) is 9.32 Å². The molecule has 0 radical (unpaired) electrons. The average Bonchev–Trinajstić information content (AvgIpc) is 1.97. The van der Waals surface area contributed by atoms with Gasteiger partial charge in [-0.05, 0) is 13.3 Å². The summed E-state index contributed by atoms with van der Waals surface area (Å²) in [5.41, 5.74) is 0. The Kier molecular flexibility index (Phi) is 6.28. The van der Waals surface area contributed by atoms with Crippen molar-refractivity contribution in [1.82, 2.24) is 0 Å². The van der Waals surface area contributed by atoms with Gasteiger partial charge in [0.25, 0.3) is 0 Å². The fourth-order valence-electron chi connectivity index (χ4n) is 0.772. The highest BCUT2D eigenvalue weighted by Crippen LogP contribution is 2.11. The summed E-state index contributed by atoms with van der Waals surface area (Å²) in [4.78, 5) is 10.8. The lowest BCUT2D eigenvalue weighted by Gasteiger charge is -2.07. The number of carbonyl (C=O) groups is 1. The molecule has 3 nitrogen and oxygen atoms in total. The lowest BCUT2D eigenvalue weighted by molar-refractivity contribution is -0.123. The van der Waals surface area contributed by atoms with Crippen LogP contribution in [0.2, 0.25) is 0 Å². The van der Waals surface area contributed by atoms with E-state index in [2.05, 4.69) is 4.52 Å². The van der Waals surface area contributed by atoms with Crippen LogP contribution in [-0.4, -0.2) is 11.9 Å². The Hall–Kier alpha value is -0.270. The van der Waals surface area contributed by atoms with Crippen LogP contribution in [0.1, 0.15) is 33.1 Å². The molecule has 0 aliphatic rings. The maximum atomic E-state index is 10.8. The molecule has 0 aliphatic carbocycles. The summed E-state index contributed by atoms with van der Waals surface area (Å²) in [6, 6.07) is 0. The standard InChI is InChI=1S/C7H13O3P/c1-3-4-5-7(6(2)8)10-11-9/h7H,3-5H2,1-2H3. The number of ketones is 1. The second-order valence-electron chi connectivity index (χ2n) is 2.42. The Morgan fingerprint density at radius 3 is 2.64 bits per heavy atom. The van der Waals surface area contributed by atoms with Gasteiger partial charge in [-0.15, -0.1) is 0 Å². The van der Waals surface area contributed by atoms with Crippen LogP contribution in [0.25, 0.3) is 0 Å². The molecule has 1 unspecified atom stereocenters. The first-order valence-electron chi connectivity index (χ1n) is 3.71. The number of hydrogen-bond acceptors (Lipinski definition) is 3. The fourth-order valence-corrected chi connectivity index (χ4v) is 1.13. The van der Waals surface area contributed by atoms with Crippen molar-refractivity contribution < 1.29 is 13.9 Å². The molecule has 1 atom stereocenters. The van der Waals surface area contributed by atoms with Gasteiger partial charge < -0.3 is 0 Å². The summed E-state index contributed by atoms with van der Waals surface area (Å²) in [6.07, 6.45) is 2.14. The highest BCUT2D eigenvalue weighted by molar-refractivity contribution is 7.17. The van der Waals surface area contributed by atoms with Crippen LogP contribution in [0.4, 0.5) is 0 Å². The van der Waals surface area contributed by atoms with Crippen molar-refractivity contribution >= 4 is 14.5 Å². The number of Topliss-reactive ketones (excluding diaryl/α,β-unsaturated/α-hetero) is 1. The molecular weight excluding hydrogens is 163 g/mol. The van der Waals surface area contributed by atoms with E-state index in [1.807, 2.05) is 6.92 Å². The van der Waals surface area contributed by atoms with E-state index >= 15 is 0 Å². The van der Waals surface area contributed by atoms with Gasteiger partial charge in [0.05, 0.1) is 0 Å². The van der Waals surface area contributed by atoms with Crippen LogP contribution in [0, 0.1) is 0 Å². The molecule has 0 bridgehead atoms. The van der Waals surface area contributed by atoms with Gasteiger partial charge in [0.1, 0.15) is 6.10 Å². The molecule has 0 aliphatic heterocycles. The summed E-state index contributed by atoms with van der Waals surface area (Å²) >= 11 is 0. The Morgan fingerprint density at radius 2 is 2.27 bits per heavy atom. The van der Waals surface area contributed by atoms with Crippen LogP contribution in [0.5, 0.6) is 0 Å². The molecule has 64 valence electrons. The third kappa shape index (κ3) is 5.05. The van der Waals surface area contributed by atoms with Crippen molar-refractivity contribution in [1.29, 1.82) is 0 Å². The number of hydrogen-bond donors (Lipinski definition) is 0. The van der Waals surface area contributed by atoms with Crippen LogP contribution in [-0.2, 0) is 13.9 Å². The molecule has 0 spiro atoms. The minimum absolute atomic E-state index is 0.0539. The highest BCUT2D eigenvalue weighted by Gasteiger charge is 2.13. The van der Waals surface area contributed by atoms with Crippen LogP contribution < -0.4 is 0 Å². The van der Waals surface area contributed by atoms with Crippen molar-refractivity contribution in [3.63, 3.8) is 0 Å². The molecule has 0 aromatic rings. The molecule has 0 fully saturated rings. The highest BCUT2D eigenvalue weighted by atomic mass is 31.1. The second-order valence-corrected chi connectivity index (χ2v) is 2.78. The third-order valence-electron chi connectivity index (χ3n) is 1.44. The largest absolute Gasteiger partial charge is 0.328 e. The van der Waals surface area contributed by atoms with Crippen molar-refractivity contribution in [2.45, 2.75) is 39.2 Å². The van der Waals surface area contributed by atoms with Gasteiger partial charge in [0, 0.05) is 0 Å². The van der Waals surface area contributed by atoms with Crippen molar-refractivity contribution in [2.75, 3.05) is 0 Å². The topological polar surface area (TPSA) is 43.4 Å². The smallest absolute Gasteiger partial charge is 0.297 e. The van der Waals surface area contributed by atoms with E-state index in [1.165, 1.54) is 6.92 Å². The fraction of sp³-hybridized carbons (Fsp3) is 0.857. The Labute approximate surface area is 68.4 Å². The summed E-state index contributed by atoms with van der Waals surface area (Å²) in [5, 5.41) is 0. The summed E-state index contributed by atoms with van der Waals surface area (Å²) in [5.74, 6) is -0.0539. The number of carbonyl (C=O) groups excluding carboxylic acids is 1. The molecule has 4 heteroatoms. The van der Waals surface area contributed by atoms with Gasteiger partial charge in [-0.25, -0.2) is 4.57 Å². The zero-order chi connectivity index (χ0) is 8.69. The first kappa shape index (κ1) is 10.7. The molecular formula is C7H13O3P.